The predicted molar refractivity (Wildman–Crippen MR) is 160 cm³/mol. The SMILES string of the molecule is CCC(C(=O)NC1CCCC1)N(Cc1ccccc1C)C(=O)CN(c1ccccc1OC)S(=O)(=O)c1ccccc1. The van der Waals surface area contributed by atoms with Gasteiger partial charge in [0.25, 0.3) is 10.0 Å². The second-order valence-electron chi connectivity index (χ2n) is 10.4. The smallest absolute Gasteiger partial charge is 0.264 e. The first-order valence-electron chi connectivity index (χ1n) is 14.1. The van der Waals surface area contributed by atoms with Crippen molar-refractivity contribution in [2.24, 2.45) is 0 Å². The molecule has 218 valence electrons. The van der Waals surface area contributed by atoms with Crippen LogP contribution in [0.5, 0.6) is 5.75 Å². The van der Waals surface area contributed by atoms with Gasteiger partial charge in [-0.15, -0.1) is 0 Å². The summed E-state index contributed by atoms with van der Waals surface area (Å²) in [4.78, 5) is 29.4. The number of sulfonamides is 1. The zero-order valence-electron chi connectivity index (χ0n) is 24.0. The highest BCUT2D eigenvalue weighted by Crippen LogP contribution is 2.32. The molecule has 41 heavy (non-hydrogen) atoms. The van der Waals surface area contributed by atoms with E-state index in [0.717, 1.165) is 41.1 Å². The molecule has 0 saturated heterocycles. The Hall–Kier alpha value is -3.85. The van der Waals surface area contributed by atoms with Crippen LogP contribution in [-0.2, 0) is 26.2 Å². The molecule has 0 heterocycles. The quantitative estimate of drug-likeness (QED) is 0.325. The van der Waals surface area contributed by atoms with Crippen molar-refractivity contribution < 1.29 is 22.7 Å². The van der Waals surface area contributed by atoms with Crippen molar-refractivity contribution >= 4 is 27.5 Å². The van der Waals surface area contributed by atoms with Gasteiger partial charge in [-0.3, -0.25) is 13.9 Å². The molecular weight excluding hydrogens is 538 g/mol. The number of amides is 2. The minimum absolute atomic E-state index is 0.0511. The molecule has 3 aromatic carbocycles. The molecule has 1 atom stereocenters. The van der Waals surface area contributed by atoms with E-state index in [1.807, 2.05) is 38.1 Å². The van der Waals surface area contributed by atoms with E-state index < -0.39 is 28.5 Å². The number of anilines is 1. The molecule has 1 aliphatic rings. The molecule has 2 amide bonds. The van der Waals surface area contributed by atoms with Gasteiger partial charge >= 0.3 is 0 Å². The minimum atomic E-state index is -4.16. The van der Waals surface area contributed by atoms with E-state index in [1.165, 1.54) is 24.1 Å². The molecule has 3 aromatic rings. The molecule has 0 radical (unpaired) electrons. The Labute approximate surface area is 243 Å². The molecule has 0 bridgehead atoms. The van der Waals surface area contributed by atoms with E-state index in [9.17, 15) is 18.0 Å². The monoisotopic (exact) mass is 577 g/mol. The van der Waals surface area contributed by atoms with E-state index in [1.54, 1.807) is 42.5 Å². The molecule has 1 saturated carbocycles. The highest BCUT2D eigenvalue weighted by molar-refractivity contribution is 7.92. The Balaban J connectivity index is 1.74. The number of para-hydroxylation sites is 2. The lowest BCUT2D eigenvalue weighted by molar-refractivity contribution is -0.140. The van der Waals surface area contributed by atoms with Crippen molar-refractivity contribution in [3.8, 4) is 5.75 Å². The van der Waals surface area contributed by atoms with E-state index >= 15 is 0 Å². The van der Waals surface area contributed by atoms with Crippen molar-refractivity contribution in [1.29, 1.82) is 0 Å². The largest absolute Gasteiger partial charge is 0.495 e. The maximum Gasteiger partial charge on any atom is 0.264 e. The van der Waals surface area contributed by atoms with Crippen LogP contribution in [0.2, 0.25) is 0 Å². The molecule has 1 fully saturated rings. The second-order valence-corrected chi connectivity index (χ2v) is 12.2. The van der Waals surface area contributed by atoms with Crippen LogP contribution in [0.25, 0.3) is 0 Å². The van der Waals surface area contributed by atoms with Gasteiger partial charge in [0.05, 0.1) is 17.7 Å². The Morgan fingerprint density at radius 2 is 1.59 bits per heavy atom. The lowest BCUT2D eigenvalue weighted by Gasteiger charge is -2.34. The van der Waals surface area contributed by atoms with Crippen molar-refractivity contribution in [1.82, 2.24) is 10.2 Å². The Kier molecular flexibility index (Phi) is 10.0. The van der Waals surface area contributed by atoms with Crippen LogP contribution >= 0.6 is 0 Å². The molecule has 4 rings (SSSR count). The van der Waals surface area contributed by atoms with Crippen LogP contribution in [0.4, 0.5) is 5.69 Å². The van der Waals surface area contributed by atoms with Crippen molar-refractivity contribution in [3.05, 3.63) is 90.0 Å². The Morgan fingerprint density at radius 3 is 2.24 bits per heavy atom. The fraction of sp³-hybridized carbons (Fsp3) is 0.375. The number of methoxy groups -OCH3 is 1. The standard InChI is InChI=1S/C32H39N3O5S/c1-4-28(32(37)33-26-16-10-11-17-26)34(22-25-15-9-8-14-24(25)2)31(36)23-35(29-20-12-13-21-30(29)40-3)41(38,39)27-18-6-5-7-19-27/h5-9,12-15,18-21,26,28H,4,10-11,16-17,22-23H2,1-3H3,(H,33,37). The molecular formula is C32H39N3O5S. The number of aryl methyl sites for hydroxylation is 1. The van der Waals surface area contributed by atoms with Gasteiger partial charge in [0.1, 0.15) is 18.3 Å². The van der Waals surface area contributed by atoms with Gasteiger partial charge in [-0.1, -0.05) is 74.4 Å². The van der Waals surface area contributed by atoms with Crippen molar-refractivity contribution in [2.45, 2.75) is 69.5 Å². The third-order valence-corrected chi connectivity index (χ3v) is 9.43. The number of carbonyl (C=O) groups is 2. The zero-order chi connectivity index (χ0) is 29.4. The number of nitrogens with zero attached hydrogens (tertiary/aromatic N) is 2. The summed E-state index contributed by atoms with van der Waals surface area (Å²) in [5.74, 6) is -0.376. The number of hydrogen-bond acceptors (Lipinski definition) is 5. The highest BCUT2D eigenvalue weighted by atomic mass is 32.2. The molecule has 0 spiro atoms. The average Bonchev–Trinajstić information content (AvgIpc) is 3.50. The van der Waals surface area contributed by atoms with Gasteiger partial charge < -0.3 is 15.0 Å². The van der Waals surface area contributed by atoms with Gasteiger partial charge in [0.2, 0.25) is 11.8 Å². The molecule has 8 nitrogen and oxygen atoms in total. The second kappa shape index (κ2) is 13.7. The zero-order valence-corrected chi connectivity index (χ0v) is 24.8. The fourth-order valence-electron chi connectivity index (χ4n) is 5.33. The Morgan fingerprint density at radius 1 is 0.951 bits per heavy atom. The molecule has 1 N–H and O–H groups in total. The summed E-state index contributed by atoms with van der Waals surface area (Å²) in [6.45, 7) is 3.50. The number of carbonyl (C=O) groups excluding carboxylic acids is 2. The first kappa shape index (κ1) is 30.1. The van der Waals surface area contributed by atoms with Crippen LogP contribution in [-0.4, -0.2) is 50.9 Å². The summed E-state index contributed by atoms with van der Waals surface area (Å²) in [5.41, 5.74) is 2.11. The Bertz CT molecular complexity index is 1440. The van der Waals surface area contributed by atoms with Gasteiger partial charge in [0, 0.05) is 12.6 Å². The first-order valence-corrected chi connectivity index (χ1v) is 15.6. The van der Waals surface area contributed by atoms with Crippen LogP contribution in [0, 0.1) is 6.92 Å². The van der Waals surface area contributed by atoms with E-state index in [0.29, 0.717) is 12.2 Å². The summed E-state index contributed by atoms with van der Waals surface area (Å²) in [5, 5.41) is 3.14. The summed E-state index contributed by atoms with van der Waals surface area (Å²) >= 11 is 0. The van der Waals surface area contributed by atoms with Crippen LogP contribution < -0.4 is 14.4 Å². The number of benzene rings is 3. The third-order valence-electron chi connectivity index (χ3n) is 7.65. The molecule has 0 aromatic heterocycles. The minimum Gasteiger partial charge on any atom is -0.495 e. The summed E-state index contributed by atoms with van der Waals surface area (Å²) in [6, 6.07) is 21.7. The van der Waals surface area contributed by atoms with E-state index in [2.05, 4.69) is 5.32 Å². The number of hydrogen-bond donors (Lipinski definition) is 1. The summed E-state index contributed by atoms with van der Waals surface area (Å²) in [7, 11) is -2.71. The topological polar surface area (TPSA) is 96.0 Å². The van der Waals surface area contributed by atoms with Crippen LogP contribution in [0.1, 0.15) is 50.2 Å². The third kappa shape index (κ3) is 7.08. The number of rotatable bonds is 12. The first-order chi connectivity index (χ1) is 19.8. The number of ether oxygens (including phenoxy) is 1. The normalized spacial score (nSPS) is 14.3. The van der Waals surface area contributed by atoms with E-state index in [4.69, 9.17) is 4.74 Å². The maximum atomic E-state index is 14.3. The lowest BCUT2D eigenvalue weighted by Crippen LogP contribution is -2.53. The lowest BCUT2D eigenvalue weighted by atomic mass is 10.1. The van der Waals surface area contributed by atoms with Gasteiger partial charge in [-0.2, -0.15) is 0 Å². The number of nitrogens with one attached hydrogen (secondary N) is 1. The maximum absolute atomic E-state index is 14.3. The average molecular weight is 578 g/mol. The van der Waals surface area contributed by atoms with Crippen LogP contribution in [0.3, 0.4) is 0 Å². The highest BCUT2D eigenvalue weighted by Gasteiger charge is 2.35. The molecule has 9 heteroatoms. The van der Waals surface area contributed by atoms with Crippen LogP contribution in [0.15, 0.2) is 83.8 Å². The molecule has 1 unspecified atom stereocenters. The fourth-order valence-corrected chi connectivity index (χ4v) is 6.77. The van der Waals surface area contributed by atoms with Crippen molar-refractivity contribution in [3.63, 3.8) is 0 Å². The van der Waals surface area contributed by atoms with Gasteiger partial charge in [-0.25, -0.2) is 8.42 Å². The summed E-state index contributed by atoms with van der Waals surface area (Å²) < 4.78 is 34.6. The van der Waals surface area contributed by atoms with Gasteiger partial charge in [-0.05, 0) is 61.6 Å². The molecule has 1 aliphatic carbocycles. The predicted octanol–water partition coefficient (Wildman–Crippen LogP) is 5.07. The van der Waals surface area contributed by atoms with Crippen molar-refractivity contribution in [2.75, 3.05) is 18.0 Å². The van der Waals surface area contributed by atoms with E-state index in [-0.39, 0.29) is 29.1 Å². The summed E-state index contributed by atoms with van der Waals surface area (Å²) in [6.07, 6.45) is 4.36. The molecule has 0 aliphatic heterocycles. The van der Waals surface area contributed by atoms with Gasteiger partial charge in [0.15, 0.2) is 0 Å².